The molecule has 144 valence electrons. The van der Waals surface area contributed by atoms with Crippen LogP contribution in [-0.2, 0) is 13.6 Å². The quantitative estimate of drug-likeness (QED) is 0.547. The van der Waals surface area contributed by atoms with Crippen LogP contribution in [0.3, 0.4) is 0 Å². The highest BCUT2D eigenvalue weighted by molar-refractivity contribution is 6.03. The number of halogens is 1. The first-order chi connectivity index (χ1) is 13.3. The van der Waals surface area contributed by atoms with E-state index in [-0.39, 0.29) is 17.9 Å². The highest BCUT2D eigenvalue weighted by Crippen LogP contribution is 2.07. The van der Waals surface area contributed by atoms with Crippen LogP contribution in [0.2, 0.25) is 0 Å². The van der Waals surface area contributed by atoms with E-state index in [2.05, 4.69) is 10.3 Å². The fourth-order valence-corrected chi connectivity index (χ4v) is 2.47. The topological polar surface area (TPSA) is 139 Å². The summed E-state index contributed by atoms with van der Waals surface area (Å²) in [4.78, 5) is 64.3. The van der Waals surface area contributed by atoms with Crippen molar-refractivity contribution in [3.63, 3.8) is 0 Å². The van der Waals surface area contributed by atoms with Crippen molar-refractivity contribution < 1.29 is 9.18 Å². The highest BCUT2D eigenvalue weighted by atomic mass is 19.1. The molecule has 10 nitrogen and oxygen atoms in total. The molecule has 0 aliphatic carbocycles. The Morgan fingerprint density at radius 1 is 1.14 bits per heavy atom. The summed E-state index contributed by atoms with van der Waals surface area (Å²) in [6, 6.07) is 6.55. The number of aromatic nitrogens is 4. The number of carbonyl (C=O) groups is 1. The summed E-state index contributed by atoms with van der Waals surface area (Å²) in [6.45, 7) is -0.383. The largest absolute Gasteiger partial charge is 0.329 e. The summed E-state index contributed by atoms with van der Waals surface area (Å²) in [5.41, 5.74) is -3.65. The van der Waals surface area contributed by atoms with Gasteiger partial charge in [0.05, 0.1) is 6.54 Å². The van der Waals surface area contributed by atoms with Crippen LogP contribution in [-0.4, -0.2) is 25.0 Å². The number of aromatic amines is 2. The molecule has 0 bridgehead atoms. The van der Waals surface area contributed by atoms with Crippen LogP contribution in [0.5, 0.6) is 0 Å². The number of nitrogens with one attached hydrogen (secondary N) is 3. The number of H-pyrrole nitrogens is 2. The lowest BCUT2D eigenvalue weighted by Gasteiger charge is -2.10. The zero-order valence-electron chi connectivity index (χ0n) is 14.5. The van der Waals surface area contributed by atoms with E-state index < -0.39 is 39.8 Å². The average Bonchev–Trinajstić information content (AvgIpc) is 2.64. The molecule has 2 aromatic heterocycles. The third-order valence-electron chi connectivity index (χ3n) is 4.00. The van der Waals surface area contributed by atoms with Gasteiger partial charge in [-0.1, -0.05) is 18.2 Å². The van der Waals surface area contributed by atoms with Crippen molar-refractivity contribution in [1.82, 2.24) is 19.1 Å². The van der Waals surface area contributed by atoms with Crippen LogP contribution in [0.25, 0.3) is 0 Å². The van der Waals surface area contributed by atoms with E-state index in [9.17, 15) is 28.4 Å². The number of nitrogens with zero attached hydrogens (tertiary/aromatic N) is 2. The zero-order valence-corrected chi connectivity index (χ0v) is 14.5. The Balaban J connectivity index is 2.00. The van der Waals surface area contributed by atoms with Crippen molar-refractivity contribution in [2.24, 2.45) is 7.05 Å². The summed E-state index contributed by atoms with van der Waals surface area (Å²) >= 11 is 0. The Labute approximate surface area is 154 Å². The van der Waals surface area contributed by atoms with Crippen molar-refractivity contribution in [3.05, 3.63) is 95.1 Å². The summed E-state index contributed by atoms with van der Waals surface area (Å²) in [6.07, 6.45) is 0.906. The number of hydrogen-bond donors (Lipinski definition) is 3. The van der Waals surface area contributed by atoms with Crippen LogP contribution in [0.1, 0.15) is 15.9 Å². The maximum atomic E-state index is 13.8. The average molecular weight is 387 g/mol. The smallest absolute Gasteiger partial charge is 0.313 e. The molecule has 0 aliphatic rings. The zero-order chi connectivity index (χ0) is 20.4. The molecule has 0 saturated carbocycles. The maximum absolute atomic E-state index is 13.8. The molecule has 3 rings (SSSR count). The highest BCUT2D eigenvalue weighted by Gasteiger charge is 2.17. The molecule has 0 fully saturated rings. The molecule has 0 atom stereocenters. The van der Waals surface area contributed by atoms with Gasteiger partial charge < -0.3 is 10.3 Å². The molecule has 0 spiro atoms. The fraction of sp³-hybridized carbons (Fsp3) is 0.118. The van der Waals surface area contributed by atoms with Crippen LogP contribution in [0.4, 0.5) is 10.2 Å². The molecule has 1 aromatic carbocycles. The molecule has 28 heavy (non-hydrogen) atoms. The van der Waals surface area contributed by atoms with Crippen molar-refractivity contribution in [2.45, 2.75) is 6.54 Å². The van der Waals surface area contributed by atoms with Gasteiger partial charge in [0.1, 0.15) is 17.2 Å². The van der Waals surface area contributed by atoms with E-state index in [1.165, 1.54) is 25.2 Å². The van der Waals surface area contributed by atoms with Gasteiger partial charge in [-0.15, -0.1) is 0 Å². The van der Waals surface area contributed by atoms with Crippen molar-refractivity contribution in [1.29, 1.82) is 0 Å². The molecule has 3 N–H and O–H groups in total. The van der Waals surface area contributed by atoms with Gasteiger partial charge in [0.25, 0.3) is 17.0 Å². The molecule has 0 saturated heterocycles. The van der Waals surface area contributed by atoms with E-state index in [4.69, 9.17) is 0 Å². The number of amides is 1. The first kappa shape index (κ1) is 18.8. The standard InChI is InChI=1S/C17H14FN5O5/c1-22-12(6-13(24)21-17(22)28)20-14(25)10-7-19-16(27)23(15(10)26)8-9-4-2-3-5-11(9)18/h2-7H,8H2,1H3,(H,19,27)(H,20,25)(H,21,24,28). The molecule has 0 unspecified atom stereocenters. The molecular formula is C17H14FN5O5. The molecule has 11 heteroatoms. The monoisotopic (exact) mass is 387 g/mol. The van der Waals surface area contributed by atoms with Crippen LogP contribution < -0.4 is 27.8 Å². The molecule has 3 aromatic rings. The minimum absolute atomic E-state index is 0.0876. The summed E-state index contributed by atoms with van der Waals surface area (Å²) in [5.74, 6) is -1.71. The van der Waals surface area contributed by atoms with E-state index in [1.54, 1.807) is 6.07 Å². The summed E-state index contributed by atoms with van der Waals surface area (Å²) in [5, 5.41) is 2.27. The third kappa shape index (κ3) is 3.58. The van der Waals surface area contributed by atoms with E-state index >= 15 is 0 Å². The fourth-order valence-electron chi connectivity index (χ4n) is 2.47. The maximum Gasteiger partial charge on any atom is 0.329 e. The van der Waals surface area contributed by atoms with Gasteiger partial charge in [0.2, 0.25) is 0 Å². The number of rotatable bonds is 4. The van der Waals surface area contributed by atoms with Gasteiger partial charge in [0.15, 0.2) is 0 Å². The van der Waals surface area contributed by atoms with Crippen molar-refractivity contribution >= 4 is 11.7 Å². The van der Waals surface area contributed by atoms with Gasteiger partial charge in [0, 0.05) is 24.9 Å². The second kappa shape index (κ2) is 7.31. The lowest BCUT2D eigenvalue weighted by Crippen LogP contribution is -2.40. The Morgan fingerprint density at radius 3 is 2.57 bits per heavy atom. The molecule has 0 aliphatic heterocycles. The van der Waals surface area contributed by atoms with Gasteiger partial charge in [-0.05, 0) is 6.07 Å². The number of anilines is 1. The molecular weight excluding hydrogens is 373 g/mol. The number of carbonyl (C=O) groups excluding carboxylic acids is 1. The second-order valence-electron chi connectivity index (χ2n) is 5.83. The molecule has 1 amide bonds. The Kier molecular flexibility index (Phi) is 4.90. The number of hydrogen-bond acceptors (Lipinski definition) is 5. The van der Waals surface area contributed by atoms with Gasteiger partial charge in [-0.3, -0.25) is 28.5 Å². The van der Waals surface area contributed by atoms with Gasteiger partial charge in [-0.2, -0.15) is 0 Å². The summed E-state index contributed by atoms with van der Waals surface area (Å²) < 4.78 is 15.5. The third-order valence-corrected chi connectivity index (χ3v) is 4.00. The van der Waals surface area contributed by atoms with Crippen molar-refractivity contribution in [2.75, 3.05) is 5.32 Å². The van der Waals surface area contributed by atoms with E-state index in [1.807, 2.05) is 4.98 Å². The first-order valence-corrected chi connectivity index (χ1v) is 7.95. The lowest BCUT2D eigenvalue weighted by atomic mass is 10.2. The minimum atomic E-state index is -0.959. The van der Waals surface area contributed by atoms with Crippen LogP contribution in [0.15, 0.2) is 55.7 Å². The van der Waals surface area contributed by atoms with E-state index in [0.717, 1.165) is 16.8 Å². The first-order valence-electron chi connectivity index (χ1n) is 7.95. The second-order valence-corrected chi connectivity index (χ2v) is 5.83. The Hall–Kier alpha value is -4.02. The van der Waals surface area contributed by atoms with Gasteiger partial charge >= 0.3 is 11.4 Å². The van der Waals surface area contributed by atoms with Crippen LogP contribution >= 0.6 is 0 Å². The molecule has 2 heterocycles. The Bertz CT molecular complexity index is 1300. The predicted octanol–water partition coefficient (Wildman–Crippen LogP) is -0.637. The van der Waals surface area contributed by atoms with E-state index in [0.29, 0.717) is 4.57 Å². The van der Waals surface area contributed by atoms with Gasteiger partial charge in [-0.25, -0.2) is 14.0 Å². The lowest BCUT2D eigenvalue weighted by molar-refractivity contribution is 0.102. The predicted molar refractivity (Wildman–Crippen MR) is 97.1 cm³/mol. The van der Waals surface area contributed by atoms with Crippen LogP contribution in [0, 0.1) is 5.82 Å². The number of benzene rings is 1. The Morgan fingerprint density at radius 2 is 1.86 bits per heavy atom. The molecule has 0 radical (unpaired) electrons. The summed E-state index contributed by atoms with van der Waals surface area (Å²) in [7, 11) is 1.30. The normalized spacial score (nSPS) is 10.6. The van der Waals surface area contributed by atoms with Crippen molar-refractivity contribution in [3.8, 4) is 0 Å². The SMILES string of the molecule is Cn1c(NC(=O)c2c[nH]c(=O)n(Cc3ccccc3F)c2=O)cc(=O)[nH]c1=O. The minimum Gasteiger partial charge on any atom is -0.313 e.